The highest BCUT2D eigenvalue weighted by atomic mass is 15.0. The molecule has 0 unspecified atom stereocenters. The van der Waals surface area contributed by atoms with Crippen molar-refractivity contribution in [3.63, 3.8) is 0 Å². The normalized spacial score (nSPS) is 12.1. The van der Waals surface area contributed by atoms with E-state index in [1.165, 1.54) is 64.9 Å². The van der Waals surface area contributed by atoms with E-state index in [4.69, 9.17) is 0 Å². The molecule has 13 aromatic carbocycles. The number of aromatic nitrogens is 5. The first-order valence-electron chi connectivity index (χ1n) is 27.2. The van der Waals surface area contributed by atoms with Crippen LogP contribution in [-0.4, -0.2) is 22.8 Å². The Hall–Kier alpha value is -10.6. The molecule has 4 aromatic heterocycles. The lowest BCUT2D eigenvalue weighted by Crippen LogP contribution is -1.99. The molecule has 0 spiro atoms. The summed E-state index contributed by atoms with van der Waals surface area (Å²) in [5, 5.41) is 14.3. The van der Waals surface area contributed by atoms with E-state index in [1.807, 2.05) is 0 Å². The average Bonchev–Trinajstić information content (AvgIpc) is 4.31. The van der Waals surface area contributed by atoms with Crippen molar-refractivity contribution in [2.45, 2.75) is 0 Å². The van der Waals surface area contributed by atoms with Gasteiger partial charge in [0.15, 0.2) is 0 Å². The van der Waals surface area contributed by atoms with Gasteiger partial charge in [-0.1, -0.05) is 164 Å². The van der Waals surface area contributed by atoms with Gasteiger partial charge in [0.2, 0.25) is 0 Å². The molecule has 368 valence electrons. The topological polar surface area (TPSA) is 24.6 Å². The summed E-state index contributed by atoms with van der Waals surface area (Å²) in [5.41, 5.74) is 16.9. The highest BCUT2D eigenvalue weighted by Gasteiger charge is 2.21. The van der Waals surface area contributed by atoms with Crippen LogP contribution >= 0.6 is 0 Å². The van der Waals surface area contributed by atoms with Crippen LogP contribution in [0.25, 0.3) is 148 Å². The molecule has 0 atom stereocenters. The van der Waals surface area contributed by atoms with Crippen LogP contribution in [0.15, 0.2) is 285 Å². The quantitative estimate of drug-likeness (QED) is 0.164. The molecule has 0 fully saturated rings. The molecule has 0 N–H and O–H groups in total. The van der Waals surface area contributed by atoms with Gasteiger partial charge in [0.25, 0.3) is 0 Å². The van der Waals surface area contributed by atoms with Gasteiger partial charge in [0.1, 0.15) is 0 Å². The third-order valence-electron chi connectivity index (χ3n) is 16.7. The summed E-state index contributed by atoms with van der Waals surface area (Å²) in [7, 11) is 0. The Labute approximate surface area is 453 Å². The average molecular weight is 1010 g/mol. The van der Waals surface area contributed by atoms with Crippen molar-refractivity contribution in [2.24, 2.45) is 0 Å². The summed E-state index contributed by atoms with van der Waals surface area (Å²) in [5.74, 6) is 0. The largest absolute Gasteiger partial charge is 0.310 e. The van der Waals surface area contributed by atoms with E-state index >= 15 is 0 Å². The Morgan fingerprint density at radius 2 is 0.620 bits per heavy atom. The van der Waals surface area contributed by atoms with Gasteiger partial charge < -0.3 is 22.8 Å². The van der Waals surface area contributed by atoms with Crippen molar-refractivity contribution in [3.05, 3.63) is 285 Å². The van der Waals surface area contributed by atoms with Crippen molar-refractivity contribution < 1.29 is 0 Å². The minimum Gasteiger partial charge on any atom is -0.310 e. The van der Waals surface area contributed by atoms with Crippen LogP contribution in [0.3, 0.4) is 0 Å². The number of benzene rings is 13. The Morgan fingerprint density at radius 3 is 1.29 bits per heavy atom. The maximum atomic E-state index is 2.49. The fourth-order valence-electron chi connectivity index (χ4n) is 13.3. The minimum atomic E-state index is 1.07. The molecule has 0 saturated carbocycles. The number of hydrogen-bond donors (Lipinski definition) is 0. The predicted octanol–water partition coefficient (Wildman–Crippen LogP) is 19.4. The molecule has 4 heterocycles. The van der Waals surface area contributed by atoms with Gasteiger partial charge in [0.05, 0.1) is 50.2 Å². The van der Waals surface area contributed by atoms with Gasteiger partial charge in [-0.25, -0.2) is 0 Å². The lowest BCUT2D eigenvalue weighted by molar-refractivity contribution is 1.15. The van der Waals surface area contributed by atoms with Gasteiger partial charge in [-0.05, 0) is 143 Å². The zero-order valence-electron chi connectivity index (χ0n) is 42.9. The molecule has 5 nitrogen and oxygen atoms in total. The molecule has 0 aliphatic heterocycles. The van der Waals surface area contributed by atoms with E-state index in [0.717, 1.165) is 83.3 Å². The molecule has 5 heteroatoms. The van der Waals surface area contributed by atoms with Crippen LogP contribution in [0.2, 0.25) is 0 Å². The first-order chi connectivity index (χ1) is 39.2. The van der Waals surface area contributed by atoms with E-state index in [1.54, 1.807) is 0 Å². The Morgan fingerprint density at radius 1 is 0.177 bits per heavy atom. The molecule has 17 rings (SSSR count). The van der Waals surface area contributed by atoms with Crippen molar-refractivity contribution >= 4 is 120 Å². The van der Waals surface area contributed by atoms with E-state index in [2.05, 4.69) is 308 Å². The van der Waals surface area contributed by atoms with Gasteiger partial charge in [0, 0.05) is 76.5 Å². The molecule has 0 radical (unpaired) electrons. The Kier molecular flexibility index (Phi) is 9.35. The second-order valence-corrected chi connectivity index (χ2v) is 20.9. The zero-order valence-corrected chi connectivity index (χ0v) is 42.9. The van der Waals surface area contributed by atoms with Crippen LogP contribution < -0.4 is 0 Å². The van der Waals surface area contributed by atoms with Crippen LogP contribution in [0, 0.1) is 0 Å². The van der Waals surface area contributed by atoms with Crippen molar-refractivity contribution in [1.29, 1.82) is 0 Å². The summed E-state index contributed by atoms with van der Waals surface area (Å²) in [6, 6.07) is 106. The van der Waals surface area contributed by atoms with E-state index in [-0.39, 0.29) is 0 Å². The first kappa shape index (κ1) is 43.6. The van der Waals surface area contributed by atoms with Gasteiger partial charge in [-0.2, -0.15) is 0 Å². The fourth-order valence-corrected chi connectivity index (χ4v) is 13.3. The standard InChI is InChI=1S/C74H47N5/c1-2-23-52(24-3-1)77-69-41-38-55-45-63(69)64-46-56(39-42-70(64)77)76(71-35-16-36-72-74(71)62-30-9-11-32-68(62)78(72)65-33-14-19-48-17-4-6-27-58(48)65)54-26-13-22-51(44-54)50-21-12-25-53(43-50)75(55)57-37-40-61-60-29-8-10-31-67(60)79(73(61)47-57)66-34-15-20-49-18-5-7-28-59(49)66/h1-47H. The second kappa shape index (κ2) is 16.9. The maximum absolute atomic E-state index is 2.49. The van der Waals surface area contributed by atoms with Crippen LogP contribution in [0.5, 0.6) is 0 Å². The highest BCUT2D eigenvalue weighted by molar-refractivity contribution is 6.16. The summed E-state index contributed by atoms with van der Waals surface area (Å²) < 4.78 is 12.3. The highest BCUT2D eigenvalue weighted by Crippen LogP contribution is 2.42. The summed E-state index contributed by atoms with van der Waals surface area (Å²) >= 11 is 0. The summed E-state index contributed by atoms with van der Waals surface area (Å²) in [4.78, 5) is 0. The monoisotopic (exact) mass is 1010 g/mol. The third kappa shape index (κ3) is 6.51. The van der Waals surface area contributed by atoms with E-state index in [9.17, 15) is 0 Å². The van der Waals surface area contributed by atoms with Crippen LogP contribution in [0.1, 0.15) is 0 Å². The van der Waals surface area contributed by atoms with E-state index in [0.29, 0.717) is 0 Å². The van der Waals surface area contributed by atoms with Gasteiger partial charge >= 0.3 is 0 Å². The number of hydrogen-bond acceptors (Lipinski definition) is 0. The van der Waals surface area contributed by atoms with Crippen LogP contribution in [0.4, 0.5) is 0 Å². The number of fused-ring (bicyclic) bond motifs is 15. The molecular formula is C74H47N5. The van der Waals surface area contributed by atoms with Crippen molar-refractivity contribution in [3.8, 4) is 28.4 Å². The molecule has 0 aliphatic carbocycles. The molecule has 0 aliphatic rings. The molecule has 0 amide bonds. The molecule has 8 bridgehead atoms. The molecule has 17 aromatic rings. The maximum Gasteiger partial charge on any atom is 0.0562 e. The first-order valence-corrected chi connectivity index (χ1v) is 27.2. The fraction of sp³-hybridized carbons (Fsp3) is 0. The SMILES string of the molecule is c1ccc(-n2c3ccc4cc3c3cc(ccc32)n(-c2cccc3c2c2ccccc2n3-c2cccc3ccccc23)c2cccc(c2)c2cccc(c2)n4-c2ccc3c4ccccc4n(-c4cccc5ccccc45)c3c2)cc1. The Bertz CT molecular complexity index is 5440. The molecule has 0 saturated heterocycles. The third-order valence-corrected chi connectivity index (χ3v) is 16.7. The summed E-state index contributed by atoms with van der Waals surface area (Å²) in [6.45, 7) is 0. The number of rotatable bonds is 5. The minimum absolute atomic E-state index is 1.07. The van der Waals surface area contributed by atoms with E-state index < -0.39 is 0 Å². The second-order valence-electron chi connectivity index (χ2n) is 20.9. The number of para-hydroxylation sites is 3. The predicted molar refractivity (Wildman–Crippen MR) is 333 cm³/mol. The van der Waals surface area contributed by atoms with Gasteiger partial charge in [-0.3, -0.25) is 0 Å². The number of nitrogens with zero attached hydrogens (tertiary/aromatic N) is 5. The van der Waals surface area contributed by atoms with Gasteiger partial charge in [-0.15, -0.1) is 0 Å². The zero-order chi connectivity index (χ0) is 51.7. The van der Waals surface area contributed by atoms with Crippen molar-refractivity contribution in [1.82, 2.24) is 22.8 Å². The Balaban J connectivity index is 1.00. The lowest BCUT2D eigenvalue weighted by Gasteiger charge is -2.16. The van der Waals surface area contributed by atoms with Crippen LogP contribution in [-0.2, 0) is 0 Å². The smallest absolute Gasteiger partial charge is 0.0562 e. The lowest BCUT2D eigenvalue weighted by atomic mass is 10.1. The summed E-state index contributed by atoms with van der Waals surface area (Å²) in [6.07, 6.45) is 0. The molecular weight excluding hydrogens is 959 g/mol. The van der Waals surface area contributed by atoms with Crippen molar-refractivity contribution in [2.75, 3.05) is 0 Å². The molecule has 79 heavy (non-hydrogen) atoms.